The molecule has 25 heavy (non-hydrogen) atoms. The Balaban J connectivity index is 1.65. The Morgan fingerprint density at radius 3 is 2.12 bits per heavy atom. The van der Waals surface area contributed by atoms with Crippen LogP contribution in [0, 0.1) is 0 Å². The molecule has 128 valence electrons. The Hall–Kier alpha value is -2.41. The molecule has 1 atom stereocenters. The van der Waals surface area contributed by atoms with Gasteiger partial charge in [0.15, 0.2) is 0 Å². The summed E-state index contributed by atoms with van der Waals surface area (Å²) in [4.78, 5) is 37.7. The van der Waals surface area contributed by atoms with Crippen molar-refractivity contribution in [3.8, 4) is 0 Å². The molecule has 1 saturated heterocycles. The molecule has 1 aliphatic rings. The van der Waals surface area contributed by atoms with Crippen LogP contribution in [0.2, 0.25) is 10.0 Å². The average Bonchev–Trinajstić information content (AvgIpc) is 2.88. The van der Waals surface area contributed by atoms with Gasteiger partial charge in [-0.05, 0) is 48.5 Å². The molecule has 0 saturated carbocycles. The number of amides is 3. The van der Waals surface area contributed by atoms with Gasteiger partial charge in [0, 0.05) is 15.6 Å². The monoisotopic (exact) mass is 377 g/mol. The number of nitrogens with zero attached hydrogens (tertiary/aromatic N) is 1. The van der Waals surface area contributed by atoms with Crippen LogP contribution in [-0.4, -0.2) is 23.8 Å². The molecule has 2 aromatic rings. The van der Waals surface area contributed by atoms with E-state index in [1.807, 2.05) is 0 Å². The highest BCUT2D eigenvalue weighted by atomic mass is 35.5. The summed E-state index contributed by atoms with van der Waals surface area (Å²) in [6, 6.07) is 11.8. The lowest BCUT2D eigenvalue weighted by Crippen LogP contribution is -2.48. The molecule has 3 rings (SSSR count). The van der Waals surface area contributed by atoms with Gasteiger partial charge in [0.05, 0.1) is 12.1 Å². The number of hydrazine groups is 1. The zero-order valence-electron chi connectivity index (χ0n) is 12.8. The molecule has 0 unspecified atom stereocenters. The SMILES string of the molecule is O=C(NN[C@@H]1CC(=O)N(c2ccc(Cl)cc2)C1=O)c1ccc(Cl)cc1. The fourth-order valence-electron chi connectivity index (χ4n) is 2.43. The molecular formula is C17H13Cl2N3O3. The second-order valence-corrected chi connectivity index (χ2v) is 6.28. The first-order valence-electron chi connectivity index (χ1n) is 7.39. The summed E-state index contributed by atoms with van der Waals surface area (Å²) in [6.45, 7) is 0. The van der Waals surface area contributed by atoms with Gasteiger partial charge in [0.2, 0.25) is 5.91 Å². The maximum atomic E-state index is 12.4. The molecule has 1 fully saturated rings. The lowest BCUT2D eigenvalue weighted by Gasteiger charge is -2.16. The number of carbonyl (C=O) groups is 3. The Morgan fingerprint density at radius 2 is 1.52 bits per heavy atom. The first kappa shape index (κ1) is 17.4. The van der Waals surface area contributed by atoms with Crippen molar-refractivity contribution in [1.82, 2.24) is 10.9 Å². The van der Waals surface area contributed by atoms with Gasteiger partial charge in [-0.2, -0.15) is 0 Å². The van der Waals surface area contributed by atoms with E-state index in [-0.39, 0.29) is 12.3 Å². The summed E-state index contributed by atoms with van der Waals surface area (Å²) in [5, 5.41) is 1.02. The van der Waals surface area contributed by atoms with Gasteiger partial charge in [-0.25, -0.2) is 10.3 Å². The van der Waals surface area contributed by atoms with Gasteiger partial charge in [-0.3, -0.25) is 19.8 Å². The summed E-state index contributed by atoms with van der Waals surface area (Å²) in [7, 11) is 0. The fraction of sp³-hybridized carbons (Fsp3) is 0.118. The van der Waals surface area contributed by atoms with Crippen LogP contribution in [0.5, 0.6) is 0 Å². The molecule has 2 N–H and O–H groups in total. The van der Waals surface area contributed by atoms with Gasteiger partial charge in [-0.15, -0.1) is 0 Å². The molecule has 0 spiro atoms. The fourth-order valence-corrected chi connectivity index (χ4v) is 2.68. The van der Waals surface area contributed by atoms with E-state index >= 15 is 0 Å². The van der Waals surface area contributed by atoms with Crippen molar-refractivity contribution in [3.05, 3.63) is 64.1 Å². The highest BCUT2D eigenvalue weighted by Gasteiger charge is 2.39. The number of carbonyl (C=O) groups excluding carboxylic acids is 3. The molecule has 1 heterocycles. The molecule has 3 amide bonds. The van der Waals surface area contributed by atoms with E-state index in [9.17, 15) is 14.4 Å². The third-order valence-corrected chi connectivity index (χ3v) is 4.20. The van der Waals surface area contributed by atoms with Crippen molar-refractivity contribution in [3.63, 3.8) is 0 Å². The second kappa shape index (κ2) is 7.23. The topological polar surface area (TPSA) is 78.5 Å². The first-order chi connectivity index (χ1) is 12.0. The Bertz CT molecular complexity index is 822. The third-order valence-electron chi connectivity index (χ3n) is 3.70. The van der Waals surface area contributed by atoms with E-state index in [0.717, 1.165) is 4.90 Å². The Morgan fingerprint density at radius 1 is 0.960 bits per heavy atom. The van der Waals surface area contributed by atoms with E-state index < -0.39 is 17.9 Å². The molecule has 8 heteroatoms. The summed E-state index contributed by atoms with van der Waals surface area (Å²) in [5.41, 5.74) is 5.87. The predicted molar refractivity (Wildman–Crippen MR) is 94.4 cm³/mol. The zero-order valence-corrected chi connectivity index (χ0v) is 14.3. The van der Waals surface area contributed by atoms with Crippen molar-refractivity contribution < 1.29 is 14.4 Å². The second-order valence-electron chi connectivity index (χ2n) is 5.41. The lowest BCUT2D eigenvalue weighted by molar-refractivity contribution is -0.121. The third kappa shape index (κ3) is 3.82. The van der Waals surface area contributed by atoms with Crippen LogP contribution in [0.1, 0.15) is 16.8 Å². The number of halogens is 2. The largest absolute Gasteiger partial charge is 0.287 e. The van der Waals surface area contributed by atoms with E-state index in [1.165, 1.54) is 0 Å². The van der Waals surface area contributed by atoms with Crippen LogP contribution in [-0.2, 0) is 9.59 Å². The molecule has 0 bridgehead atoms. The van der Waals surface area contributed by atoms with Gasteiger partial charge >= 0.3 is 0 Å². The standard InChI is InChI=1S/C17H13Cl2N3O3/c18-11-3-1-10(2-4-11)16(24)21-20-14-9-15(23)22(17(14)25)13-7-5-12(19)6-8-13/h1-8,14,20H,9H2,(H,21,24)/t14-/m1/s1. The Kier molecular flexibility index (Phi) is 5.03. The number of nitrogens with one attached hydrogen (secondary N) is 2. The zero-order chi connectivity index (χ0) is 18.0. The molecule has 0 radical (unpaired) electrons. The van der Waals surface area contributed by atoms with E-state index in [1.54, 1.807) is 48.5 Å². The van der Waals surface area contributed by atoms with Crippen LogP contribution >= 0.6 is 23.2 Å². The van der Waals surface area contributed by atoms with Crippen LogP contribution in [0.15, 0.2) is 48.5 Å². The molecular weight excluding hydrogens is 365 g/mol. The molecule has 0 aliphatic carbocycles. The maximum Gasteiger partial charge on any atom is 0.265 e. The number of imide groups is 1. The minimum Gasteiger partial charge on any atom is -0.287 e. The number of hydrogen-bond donors (Lipinski definition) is 2. The summed E-state index contributed by atoms with van der Waals surface area (Å²) in [5.74, 6) is -1.23. The smallest absolute Gasteiger partial charge is 0.265 e. The molecule has 6 nitrogen and oxygen atoms in total. The molecule has 1 aliphatic heterocycles. The highest BCUT2D eigenvalue weighted by Crippen LogP contribution is 2.24. The van der Waals surface area contributed by atoms with Crippen LogP contribution in [0.3, 0.4) is 0 Å². The number of anilines is 1. The Labute approximate surface area is 153 Å². The van der Waals surface area contributed by atoms with Crippen LogP contribution in [0.25, 0.3) is 0 Å². The van der Waals surface area contributed by atoms with Crippen molar-refractivity contribution in [1.29, 1.82) is 0 Å². The van der Waals surface area contributed by atoms with E-state index in [2.05, 4.69) is 10.9 Å². The van der Waals surface area contributed by atoms with Crippen molar-refractivity contribution in [2.45, 2.75) is 12.5 Å². The summed E-state index contributed by atoms with van der Waals surface area (Å²) < 4.78 is 0. The van der Waals surface area contributed by atoms with Gasteiger partial charge in [0.25, 0.3) is 11.8 Å². The van der Waals surface area contributed by atoms with Gasteiger partial charge in [0.1, 0.15) is 6.04 Å². The van der Waals surface area contributed by atoms with Crippen LogP contribution < -0.4 is 15.8 Å². The number of hydrogen-bond acceptors (Lipinski definition) is 4. The van der Waals surface area contributed by atoms with Crippen molar-refractivity contribution in [2.75, 3.05) is 4.90 Å². The van der Waals surface area contributed by atoms with Crippen molar-refractivity contribution in [2.24, 2.45) is 0 Å². The van der Waals surface area contributed by atoms with E-state index in [4.69, 9.17) is 23.2 Å². The van der Waals surface area contributed by atoms with Gasteiger partial charge in [-0.1, -0.05) is 23.2 Å². The summed E-state index contributed by atoms with van der Waals surface area (Å²) in [6.07, 6.45) is -0.0532. The number of benzene rings is 2. The van der Waals surface area contributed by atoms with Crippen molar-refractivity contribution >= 4 is 46.6 Å². The normalized spacial score (nSPS) is 17.0. The van der Waals surface area contributed by atoms with E-state index in [0.29, 0.717) is 21.3 Å². The first-order valence-corrected chi connectivity index (χ1v) is 8.15. The number of rotatable bonds is 4. The molecule has 0 aromatic heterocycles. The summed E-state index contributed by atoms with van der Waals surface area (Å²) >= 11 is 11.6. The quantitative estimate of drug-likeness (QED) is 0.633. The maximum absolute atomic E-state index is 12.4. The average molecular weight is 378 g/mol. The van der Waals surface area contributed by atoms with Crippen LogP contribution in [0.4, 0.5) is 5.69 Å². The van der Waals surface area contributed by atoms with Gasteiger partial charge < -0.3 is 0 Å². The minimum atomic E-state index is -0.834. The predicted octanol–water partition coefficient (Wildman–Crippen LogP) is 2.56. The highest BCUT2D eigenvalue weighted by molar-refractivity contribution is 6.31. The lowest BCUT2D eigenvalue weighted by atomic mass is 10.2. The molecule has 2 aromatic carbocycles. The minimum absolute atomic E-state index is 0.0532.